The van der Waals surface area contributed by atoms with Crippen LogP contribution in [0.2, 0.25) is 0 Å². The number of rotatable bonds is 9. The van der Waals surface area contributed by atoms with Gasteiger partial charge in [0.05, 0.1) is 0 Å². The molecule has 0 bridgehead atoms. The standard InChI is InChI=1S/C21H28N6O.C4H4O4/c1-25(21-23-9-8-18(24-21)20(22)28)10-11-26-12-14-27(15-13-26)19-5-3-2-4-17(19)16-6-7-16;5-3(6)1-2-4(7)8/h2-5,8-9,16H,6-7,10-15H2,1H3,(H2,22,28);1-2H,(H,5,6)(H,7,8). The van der Waals surface area contributed by atoms with Gasteiger partial charge in [0.25, 0.3) is 5.91 Å². The fourth-order valence-corrected chi connectivity index (χ4v) is 3.93. The largest absolute Gasteiger partial charge is 0.478 e. The summed E-state index contributed by atoms with van der Waals surface area (Å²) in [4.78, 5) is 45.9. The van der Waals surface area contributed by atoms with Gasteiger partial charge in [0.1, 0.15) is 5.69 Å². The summed E-state index contributed by atoms with van der Waals surface area (Å²) in [6, 6.07) is 10.4. The second-order valence-corrected chi connectivity index (χ2v) is 8.70. The van der Waals surface area contributed by atoms with E-state index in [-0.39, 0.29) is 5.69 Å². The second kappa shape index (κ2) is 12.6. The third-order valence-electron chi connectivity index (χ3n) is 6.02. The van der Waals surface area contributed by atoms with Crippen LogP contribution in [0, 0.1) is 0 Å². The van der Waals surface area contributed by atoms with E-state index >= 15 is 0 Å². The number of benzene rings is 1. The van der Waals surface area contributed by atoms with Gasteiger partial charge in [0, 0.05) is 70.4 Å². The van der Waals surface area contributed by atoms with Gasteiger partial charge < -0.3 is 25.7 Å². The van der Waals surface area contributed by atoms with Crippen molar-refractivity contribution < 1.29 is 24.6 Å². The minimum atomic E-state index is -1.26. The van der Waals surface area contributed by atoms with E-state index < -0.39 is 17.8 Å². The molecule has 2 fully saturated rings. The van der Waals surface area contributed by atoms with Crippen molar-refractivity contribution in [3.05, 3.63) is 59.9 Å². The third-order valence-corrected chi connectivity index (χ3v) is 6.02. The van der Waals surface area contributed by atoms with E-state index in [1.807, 2.05) is 11.9 Å². The van der Waals surface area contributed by atoms with Gasteiger partial charge in [-0.05, 0) is 36.5 Å². The van der Waals surface area contributed by atoms with Crippen molar-refractivity contribution in [2.75, 3.05) is 56.1 Å². The second-order valence-electron chi connectivity index (χ2n) is 8.70. The molecule has 2 aromatic rings. The number of hydrogen-bond acceptors (Lipinski definition) is 8. The molecule has 1 aromatic heterocycles. The molecule has 2 heterocycles. The number of piperazine rings is 1. The lowest BCUT2D eigenvalue weighted by atomic mass is 10.1. The van der Waals surface area contributed by atoms with Crippen molar-refractivity contribution in [1.82, 2.24) is 14.9 Å². The Morgan fingerprint density at radius 2 is 1.69 bits per heavy atom. The Bertz CT molecular complexity index is 1080. The number of nitrogens with zero attached hydrogens (tertiary/aromatic N) is 5. The smallest absolute Gasteiger partial charge is 0.328 e. The minimum Gasteiger partial charge on any atom is -0.478 e. The molecule has 4 N–H and O–H groups in total. The molecule has 4 rings (SSSR count). The Balaban J connectivity index is 0.000000392. The molecule has 1 aliphatic carbocycles. The summed E-state index contributed by atoms with van der Waals surface area (Å²) in [5, 5.41) is 15.6. The summed E-state index contributed by atoms with van der Waals surface area (Å²) in [7, 11) is 1.95. The number of aliphatic carboxylic acids is 2. The number of hydrogen-bond donors (Lipinski definition) is 3. The molecule has 11 heteroatoms. The Hall–Kier alpha value is -3.99. The number of aromatic nitrogens is 2. The van der Waals surface area contributed by atoms with E-state index in [0.717, 1.165) is 45.2 Å². The number of para-hydroxylation sites is 1. The maximum absolute atomic E-state index is 11.3. The molecule has 1 saturated carbocycles. The molecule has 1 amide bonds. The first-order valence-electron chi connectivity index (χ1n) is 11.8. The van der Waals surface area contributed by atoms with Crippen LogP contribution in [0.25, 0.3) is 0 Å². The van der Waals surface area contributed by atoms with E-state index in [1.54, 1.807) is 12.3 Å². The Morgan fingerprint density at radius 1 is 1.06 bits per heavy atom. The zero-order valence-electron chi connectivity index (χ0n) is 20.3. The van der Waals surface area contributed by atoms with Crippen molar-refractivity contribution in [3.63, 3.8) is 0 Å². The minimum absolute atomic E-state index is 0.250. The van der Waals surface area contributed by atoms with Crippen molar-refractivity contribution in [2.45, 2.75) is 18.8 Å². The van der Waals surface area contributed by atoms with Crippen LogP contribution in [0.3, 0.4) is 0 Å². The quantitative estimate of drug-likeness (QED) is 0.434. The van der Waals surface area contributed by atoms with Crippen LogP contribution in [0.15, 0.2) is 48.7 Å². The summed E-state index contributed by atoms with van der Waals surface area (Å²) < 4.78 is 0. The van der Waals surface area contributed by atoms with Crippen molar-refractivity contribution in [3.8, 4) is 0 Å². The number of likely N-dealkylation sites (N-methyl/N-ethyl adjacent to an activating group) is 1. The first-order chi connectivity index (χ1) is 17.2. The molecule has 11 nitrogen and oxygen atoms in total. The number of carboxylic acids is 2. The van der Waals surface area contributed by atoms with E-state index in [1.165, 1.54) is 24.1 Å². The molecular weight excluding hydrogens is 464 g/mol. The van der Waals surface area contributed by atoms with Crippen LogP contribution in [-0.2, 0) is 9.59 Å². The topological polar surface area (TPSA) is 153 Å². The van der Waals surface area contributed by atoms with Crippen molar-refractivity contribution in [2.24, 2.45) is 5.73 Å². The Morgan fingerprint density at radius 3 is 2.28 bits per heavy atom. The van der Waals surface area contributed by atoms with Crippen molar-refractivity contribution in [1.29, 1.82) is 0 Å². The highest BCUT2D eigenvalue weighted by Gasteiger charge is 2.28. The van der Waals surface area contributed by atoms with E-state index in [0.29, 0.717) is 18.1 Å². The zero-order valence-corrected chi connectivity index (χ0v) is 20.3. The van der Waals surface area contributed by atoms with Crippen LogP contribution in [0.5, 0.6) is 0 Å². The molecule has 1 saturated heterocycles. The lowest BCUT2D eigenvalue weighted by Gasteiger charge is -2.37. The molecule has 192 valence electrons. The van der Waals surface area contributed by atoms with Crippen LogP contribution in [-0.4, -0.2) is 89.2 Å². The monoisotopic (exact) mass is 496 g/mol. The average Bonchev–Trinajstić information content (AvgIpc) is 3.72. The highest BCUT2D eigenvalue weighted by molar-refractivity contribution is 5.91. The normalized spacial score (nSPS) is 15.8. The number of amides is 1. The Kier molecular flexibility index (Phi) is 9.34. The summed E-state index contributed by atoms with van der Waals surface area (Å²) in [6.45, 7) is 5.96. The molecule has 0 atom stereocenters. The molecular formula is C25H32N6O5. The Labute approximate surface area is 209 Å². The molecule has 2 aliphatic rings. The maximum atomic E-state index is 11.3. The number of primary amides is 1. The molecule has 0 spiro atoms. The SMILES string of the molecule is CN(CCN1CCN(c2ccccc2C2CC2)CC1)c1nccc(C(N)=O)n1.O=C(O)C=CC(=O)O. The van der Waals surface area contributed by atoms with Gasteiger partial charge >= 0.3 is 11.9 Å². The first-order valence-corrected chi connectivity index (χ1v) is 11.8. The highest BCUT2D eigenvalue weighted by Crippen LogP contribution is 2.44. The predicted molar refractivity (Wildman–Crippen MR) is 135 cm³/mol. The van der Waals surface area contributed by atoms with Gasteiger partial charge in [0.15, 0.2) is 0 Å². The number of nitrogens with two attached hydrogens (primary N) is 1. The lowest BCUT2D eigenvalue weighted by Crippen LogP contribution is -2.48. The summed E-state index contributed by atoms with van der Waals surface area (Å²) in [6.07, 6.45) is 5.37. The number of carbonyl (C=O) groups excluding carboxylic acids is 1. The van der Waals surface area contributed by atoms with Crippen molar-refractivity contribution >= 4 is 29.5 Å². The van der Waals surface area contributed by atoms with Crippen LogP contribution < -0.4 is 15.5 Å². The third kappa shape index (κ3) is 8.05. The summed E-state index contributed by atoms with van der Waals surface area (Å²) in [5.41, 5.74) is 8.52. The molecule has 0 radical (unpaired) electrons. The summed E-state index contributed by atoms with van der Waals surface area (Å²) >= 11 is 0. The van der Waals surface area contributed by atoms with Gasteiger partial charge in [-0.3, -0.25) is 9.69 Å². The highest BCUT2D eigenvalue weighted by atomic mass is 16.4. The van der Waals surface area contributed by atoms with Gasteiger partial charge in [-0.1, -0.05) is 18.2 Å². The van der Waals surface area contributed by atoms with Gasteiger partial charge in [-0.2, -0.15) is 0 Å². The fourth-order valence-electron chi connectivity index (χ4n) is 3.93. The molecule has 0 unspecified atom stereocenters. The lowest BCUT2D eigenvalue weighted by molar-refractivity contribution is -0.134. The summed E-state index contributed by atoms with van der Waals surface area (Å²) in [5.74, 6) is -1.73. The predicted octanol–water partition coefficient (Wildman–Crippen LogP) is 1.42. The van der Waals surface area contributed by atoms with Gasteiger partial charge in [-0.15, -0.1) is 0 Å². The average molecular weight is 497 g/mol. The number of anilines is 2. The van der Waals surface area contributed by atoms with E-state index in [2.05, 4.69) is 44.0 Å². The van der Waals surface area contributed by atoms with E-state index in [4.69, 9.17) is 15.9 Å². The van der Waals surface area contributed by atoms with Crippen LogP contribution in [0.1, 0.15) is 34.8 Å². The van der Waals surface area contributed by atoms with Crippen LogP contribution >= 0.6 is 0 Å². The maximum Gasteiger partial charge on any atom is 0.328 e. The zero-order chi connectivity index (χ0) is 26.1. The van der Waals surface area contributed by atoms with Crippen LogP contribution in [0.4, 0.5) is 11.6 Å². The molecule has 1 aromatic carbocycles. The van der Waals surface area contributed by atoms with Gasteiger partial charge in [0.2, 0.25) is 5.95 Å². The molecule has 36 heavy (non-hydrogen) atoms. The van der Waals surface area contributed by atoms with E-state index in [9.17, 15) is 14.4 Å². The fraction of sp³-hybridized carbons (Fsp3) is 0.400. The number of carbonyl (C=O) groups is 3. The molecule has 1 aliphatic heterocycles. The first kappa shape index (κ1) is 26.6. The number of carboxylic acid groups (broad SMARTS) is 2. The van der Waals surface area contributed by atoms with Gasteiger partial charge in [-0.25, -0.2) is 19.6 Å².